The summed E-state index contributed by atoms with van der Waals surface area (Å²) in [6.07, 6.45) is 1.68. The maximum Gasteiger partial charge on any atom is 0.313 e. The van der Waals surface area contributed by atoms with Crippen molar-refractivity contribution in [2.45, 2.75) is 25.7 Å². The summed E-state index contributed by atoms with van der Waals surface area (Å²) in [6, 6.07) is 13.1. The van der Waals surface area contributed by atoms with Gasteiger partial charge in [0, 0.05) is 31.2 Å². The Kier molecular flexibility index (Phi) is 5.40. The first-order valence-corrected chi connectivity index (χ1v) is 10.2. The third kappa shape index (κ3) is 4.51. The molecule has 0 atom stereocenters. The van der Waals surface area contributed by atoms with Crippen molar-refractivity contribution in [1.29, 1.82) is 0 Å². The van der Waals surface area contributed by atoms with E-state index in [0.717, 1.165) is 39.7 Å². The highest BCUT2D eigenvalue weighted by molar-refractivity contribution is 8.14. The van der Waals surface area contributed by atoms with Crippen molar-refractivity contribution in [3.05, 3.63) is 70.3 Å². The van der Waals surface area contributed by atoms with Crippen LogP contribution in [0.3, 0.4) is 0 Å². The van der Waals surface area contributed by atoms with Gasteiger partial charge in [0.15, 0.2) is 5.78 Å². The third-order valence-corrected chi connectivity index (χ3v) is 5.84. The Bertz CT molecular complexity index is 1090. The van der Waals surface area contributed by atoms with Crippen LogP contribution in [0, 0.1) is 0 Å². The highest BCUT2D eigenvalue weighted by Gasteiger charge is 2.20. The van der Waals surface area contributed by atoms with Crippen LogP contribution in [0.25, 0.3) is 0 Å². The maximum absolute atomic E-state index is 12.8. The molecule has 0 radical (unpaired) electrons. The predicted molar refractivity (Wildman–Crippen MR) is 112 cm³/mol. The second kappa shape index (κ2) is 8.13. The highest BCUT2D eigenvalue weighted by atomic mass is 32.2. The van der Waals surface area contributed by atoms with Crippen LogP contribution in [0.4, 0.5) is 0 Å². The van der Waals surface area contributed by atoms with Crippen LogP contribution < -0.4 is 0 Å². The van der Waals surface area contributed by atoms with E-state index in [2.05, 4.69) is 10.2 Å². The van der Waals surface area contributed by atoms with Crippen LogP contribution in [-0.2, 0) is 28.9 Å². The molecule has 1 aliphatic carbocycles. The van der Waals surface area contributed by atoms with Gasteiger partial charge in [-0.25, -0.2) is 0 Å². The minimum Gasteiger partial charge on any atom is -0.481 e. The normalized spacial score (nSPS) is 15.1. The zero-order valence-electron chi connectivity index (χ0n) is 15.6. The second-order valence-electron chi connectivity index (χ2n) is 7.08. The van der Waals surface area contributed by atoms with E-state index >= 15 is 0 Å². The second-order valence-corrected chi connectivity index (χ2v) is 8.12. The topological polar surface area (TPSA) is 96.2 Å². The number of ketones is 2. The van der Waals surface area contributed by atoms with Gasteiger partial charge in [0.05, 0.1) is 11.5 Å². The molecule has 6 nitrogen and oxygen atoms in total. The van der Waals surface area contributed by atoms with Crippen LogP contribution in [0.5, 0.6) is 0 Å². The van der Waals surface area contributed by atoms with E-state index in [0.29, 0.717) is 29.9 Å². The van der Waals surface area contributed by atoms with Gasteiger partial charge in [0.1, 0.15) is 10.8 Å². The smallest absolute Gasteiger partial charge is 0.313 e. The number of aliphatic carboxylic acids is 1. The minimum absolute atomic E-state index is 0.00360. The molecule has 2 aromatic rings. The van der Waals surface area contributed by atoms with Gasteiger partial charge in [-0.15, -0.1) is 5.10 Å². The average molecular weight is 406 g/mol. The van der Waals surface area contributed by atoms with Gasteiger partial charge in [0.2, 0.25) is 0 Å². The summed E-state index contributed by atoms with van der Waals surface area (Å²) >= 11 is 1.16. The highest BCUT2D eigenvalue weighted by Crippen LogP contribution is 2.23. The fourth-order valence-corrected chi connectivity index (χ4v) is 4.12. The fourth-order valence-electron chi connectivity index (χ4n) is 3.49. The van der Waals surface area contributed by atoms with Gasteiger partial charge in [-0.05, 0) is 28.3 Å². The fraction of sp³-hybridized carbons (Fsp3) is 0.227. The number of nitrogens with zero attached hydrogens (tertiary/aromatic N) is 2. The van der Waals surface area contributed by atoms with Crippen molar-refractivity contribution in [2.24, 2.45) is 10.2 Å². The largest absolute Gasteiger partial charge is 0.481 e. The molecule has 0 unspecified atom stereocenters. The Hall–Kier alpha value is -3.06. The first kappa shape index (κ1) is 19.3. The van der Waals surface area contributed by atoms with E-state index in [4.69, 9.17) is 5.11 Å². The van der Waals surface area contributed by atoms with Crippen molar-refractivity contribution in [2.75, 3.05) is 5.75 Å². The lowest BCUT2D eigenvalue weighted by molar-refractivity contribution is -0.133. The van der Waals surface area contributed by atoms with Crippen molar-refractivity contribution in [3.8, 4) is 0 Å². The standard InChI is InChI=1S/C22H18N2O4S/c25-18-9-14-5-4-13(6-17(14)10-18)7-20(26)16-3-1-2-15(8-16)19-11-21(24-23-19)29-12-22(27)28/h1-6,8H,7,9-12H2,(H,27,28). The molecule has 2 aromatic carbocycles. The quantitative estimate of drug-likeness (QED) is 0.744. The molecule has 7 heteroatoms. The molecule has 4 rings (SSSR count). The summed E-state index contributed by atoms with van der Waals surface area (Å²) < 4.78 is 0. The number of Topliss-reactive ketones (excluding diaryl/α,β-unsaturated/α-hetero) is 2. The first-order valence-electron chi connectivity index (χ1n) is 9.22. The Labute approximate surface area is 171 Å². The summed E-state index contributed by atoms with van der Waals surface area (Å²) in [7, 11) is 0. The molecule has 1 N–H and O–H groups in total. The molecule has 2 aliphatic rings. The Balaban J connectivity index is 1.43. The molecule has 0 spiro atoms. The molecule has 0 aromatic heterocycles. The molecular formula is C22H18N2O4S. The van der Waals surface area contributed by atoms with E-state index in [9.17, 15) is 14.4 Å². The molecule has 146 valence electrons. The molecule has 0 bridgehead atoms. The Morgan fingerprint density at radius 1 is 1.00 bits per heavy atom. The van der Waals surface area contributed by atoms with Crippen LogP contribution >= 0.6 is 11.8 Å². The molecular weight excluding hydrogens is 388 g/mol. The van der Waals surface area contributed by atoms with Gasteiger partial charge < -0.3 is 5.11 Å². The number of hydrogen-bond donors (Lipinski definition) is 1. The Morgan fingerprint density at radius 2 is 1.83 bits per heavy atom. The van der Waals surface area contributed by atoms with E-state index in [1.807, 2.05) is 30.3 Å². The van der Waals surface area contributed by atoms with Crippen LogP contribution in [0.1, 0.15) is 39.0 Å². The third-order valence-electron chi connectivity index (χ3n) is 4.89. The van der Waals surface area contributed by atoms with E-state index in [-0.39, 0.29) is 23.7 Å². The zero-order valence-corrected chi connectivity index (χ0v) is 16.4. The number of carbonyl (C=O) groups is 3. The summed E-state index contributed by atoms with van der Waals surface area (Å²) in [6.45, 7) is 0. The van der Waals surface area contributed by atoms with Crippen LogP contribution in [0.15, 0.2) is 52.7 Å². The van der Waals surface area contributed by atoms with Crippen LogP contribution in [-0.4, -0.2) is 39.2 Å². The Morgan fingerprint density at radius 3 is 2.66 bits per heavy atom. The average Bonchev–Trinajstić information content (AvgIpc) is 3.32. The number of carbonyl (C=O) groups excluding carboxylic acids is 2. The monoisotopic (exact) mass is 406 g/mol. The van der Waals surface area contributed by atoms with Gasteiger partial charge in [-0.3, -0.25) is 14.4 Å². The van der Waals surface area contributed by atoms with Crippen molar-refractivity contribution >= 4 is 40.1 Å². The van der Waals surface area contributed by atoms with E-state index < -0.39 is 5.97 Å². The number of hydrogen-bond acceptors (Lipinski definition) is 6. The number of benzene rings is 2. The van der Waals surface area contributed by atoms with Crippen molar-refractivity contribution in [1.82, 2.24) is 0 Å². The molecule has 1 aliphatic heterocycles. The SMILES string of the molecule is O=C(O)CSC1=NN=C(c2cccc(C(=O)Cc3ccc4c(c3)CC(=O)C4)c2)C1. The molecule has 0 saturated carbocycles. The minimum atomic E-state index is -0.894. The van der Waals surface area contributed by atoms with Crippen molar-refractivity contribution < 1.29 is 19.5 Å². The first-order chi connectivity index (χ1) is 14.0. The summed E-state index contributed by atoms with van der Waals surface area (Å²) in [4.78, 5) is 35.1. The van der Waals surface area contributed by atoms with E-state index in [1.54, 1.807) is 12.1 Å². The lowest BCUT2D eigenvalue weighted by atomic mass is 9.97. The lowest BCUT2D eigenvalue weighted by Gasteiger charge is -2.07. The van der Waals surface area contributed by atoms with Gasteiger partial charge in [-0.2, -0.15) is 5.10 Å². The summed E-state index contributed by atoms with van der Waals surface area (Å²) in [5, 5.41) is 17.6. The van der Waals surface area contributed by atoms with Gasteiger partial charge >= 0.3 is 5.97 Å². The molecule has 0 amide bonds. The van der Waals surface area contributed by atoms with Crippen molar-refractivity contribution in [3.63, 3.8) is 0 Å². The maximum atomic E-state index is 12.8. The molecule has 0 saturated heterocycles. The van der Waals surface area contributed by atoms with Gasteiger partial charge in [-0.1, -0.05) is 48.2 Å². The number of thioether (sulfide) groups is 1. The number of carboxylic acid groups (broad SMARTS) is 1. The lowest BCUT2D eigenvalue weighted by Crippen LogP contribution is -2.08. The zero-order chi connectivity index (χ0) is 20.4. The summed E-state index contributed by atoms with van der Waals surface area (Å²) in [5.41, 5.74) is 5.12. The molecule has 0 fully saturated rings. The predicted octanol–water partition coefficient (Wildman–Crippen LogP) is 3.10. The number of carboxylic acids is 1. The van der Waals surface area contributed by atoms with Gasteiger partial charge in [0.25, 0.3) is 0 Å². The molecule has 29 heavy (non-hydrogen) atoms. The van der Waals surface area contributed by atoms with Crippen LogP contribution in [0.2, 0.25) is 0 Å². The number of rotatable bonds is 6. The van der Waals surface area contributed by atoms with E-state index in [1.165, 1.54) is 0 Å². The summed E-state index contributed by atoms with van der Waals surface area (Å²) in [5.74, 6) is -0.727. The number of fused-ring (bicyclic) bond motifs is 1. The molecule has 1 heterocycles.